The SMILES string of the molecule is Cc1cc(S(=O)(=O)N(C(=O)c2ccccc2)c2ccc3oc4c(c3c2)CCCC4)ccc1Cl. The van der Waals surface area contributed by atoms with Crippen LogP contribution >= 0.6 is 11.6 Å². The van der Waals surface area contributed by atoms with E-state index in [9.17, 15) is 13.2 Å². The summed E-state index contributed by atoms with van der Waals surface area (Å²) in [5.74, 6) is 0.324. The van der Waals surface area contributed by atoms with Gasteiger partial charge in [-0.1, -0.05) is 29.8 Å². The number of fused-ring (bicyclic) bond motifs is 3. The van der Waals surface area contributed by atoms with Gasteiger partial charge < -0.3 is 4.42 Å². The van der Waals surface area contributed by atoms with E-state index >= 15 is 0 Å². The number of sulfonamides is 1. The Morgan fingerprint density at radius 3 is 2.48 bits per heavy atom. The quantitative estimate of drug-likeness (QED) is 0.344. The molecule has 1 amide bonds. The van der Waals surface area contributed by atoms with Crippen LogP contribution in [0.25, 0.3) is 11.0 Å². The predicted molar refractivity (Wildman–Crippen MR) is 129 cm³/mol. The Labute approximate surface area is 197 Å². The Bertz CT molecular complexity index is 1480. The van der Waals surface area contributed by atoms with Gasteiger partial charge in [0.1, 0.15) is 11.3 Å². The fourth-order valence-electron chi connectivity index (χ4n) is 4.32. The number of carbonyl (C=O) groups is 1. The molecule has 0 N–H and O–H groups in total. The summed E-state index contributed by atoms with van der Waals surface area (Å²) in [4.78, 5) is 13.6. The third kappa shape index (κ3) is 3.83. The molecule has 0 spiro atoms. The molecule has 0 bridgehead atoms. The maximum absolute atomic E-state index is 13.8. The van der Waals surface area contributed by atoms with E-state index in [1.165, 1.54) is 18.2 Å². The van der Waals surface area contributed by atoms with E-state index in [1.54, 1.807) is 55.5 Å². The highest BCUT2D eigenvalue weighted by atomic mass is 35.5. The van der Waals surface area contributed by atoms with E-state index in [2.05, 4.69) is 0 Å². The Balaban J connectivity index is 1.70. The Morgan fingerprint density at radius 1 is 0.970 bits per heavy atom. The van der Waals surface area contributed by atoms with Crippen LogP contribution in [0.1, 0.15) is 40.1 Å². The summed E-state index contributed by atoms with van der Waals surface area (Å²) in [6.45, 7) is 1.73. The number of hydrogen-bond acceptors (Lipinski definition) is 4. The zero-order valence-electron chi connectivity index (χ0n) is 18.0. The highest BCUT2D eigenvalue weighted by molar-refractivity contribution is 7.93. The average Bonchev–Trinajstić information content (AvgIpc) is 3.19. The van der Waals surface area contributed by atoms with E-state index in [0.717, 1.165) is 46.7 Å². The van der Waals surface area contributed by atoms with Crippen molar-refractivity contribution in [3.63, 3.8) is 0 Å². The van der Waals surface area contributed by atoms with Crippen LogP contribution < -0.4 is 4.31 Å². The standard InChI is InChI=1S/C26H22ClNO4S/c1-17-15-20(12-13-23(17)27)33(30,31)28(26(29)18-7-3-2-4-8-18)19-11-14-25-22(16-19)21-9-5-6-10-24(21)32-25/h2-4,7-8,11-16H,5-6,9-10H2,1H3. The van der Waals surface area contributed by atoms with E-state index in [4.69, 9.17) is 16.0 Å². The van der Waals surface area contributed by atoms with Crippen molar-refractivity contribution in [3.8, 4) is 0 Å². The maximum atomic E-state index is 13.8. The molecule has 0 fully saturated rings. The molecule has 0 saturated heterocycles. The van der Waals surface area contributed by atoms with E-state index in [1.807, 2.05) is 0 Å². The summed E-state index contributed by atoms with van der Waals surface area (Å²) in [6, 6.07) is 18.0. The lowest BCUT2D eigenvalue weighted by atomic mass is 9.96. The van der Waals surface area contributed by atoms with Gasteiger partial charge in [-0.2, -0.15) is 4.31 Å². The zero-order chi connectivity index (χ0) is 23.2. The third-order valence-electron chi connectivity index (χ3n) is 6.05. The van der Waals surface area contributed by atoms with E-state index < -0.39 is 15.9 Å². The molecule has 0 atom stereocenters. The fourth-order valence-corrected chi connectivity index (χ4v) is 5.93. The molecule has 1 aromatic heterocycles. The van der Waals surface area contributed by atoms with Crippen molar-refractivity contribution < 1.29 is 17.6 Å². The van der Waals surface area contributed by atoms with Gasteiger partial charge in [0, 0.05) is 28.0 Å². The van der Waals surface area contributed by atoms with Gasteiger partial charge in [-0.05, 0) is 80.3 Å². The predicted octanol–water partition coefficient (Wildman–Crippen LogP) is 6.31. The van der Waals surface area contributed by atoms with Crippen molar-refractivity contribution in [1.29, 1.82) is 0 Å². The van der Waals surface area contributed by atoms with Gasteiger partial charge in [-0.3, -0.25) is 4.79 Å². The number of halogens is 1. The highest BCUT2D eigenvalue weighted by Gasteiger charge is 2.33. The van der Waals surface area contributed by atoms with Crippen LogP contribution in [-0.4, -0.2) is 14.3 Å². The van der Waals surface area contributed by atoms with Crippen molar-refractivity contribution in [3.05, 3.63) is 94.2 Å². The summed E-state index contributed by atoms with van der Waals surface area (Å²) >= 11 is 6.12. The van der Waals surface area contributed by atoms with Crippen molar-refractivity contribution in [2.45, 2.75) is 37.5 Å². The third-order valence-corrected chi connectivity index (χ3v) is 8.18. The van der Waals surface area contributed by atoms with Gasteiger partial charge in [0.15, 0.2) is 0 Å². The second kappa shape index (κ2) is 8.36. The molecule has 7 heteroatoms. The normalized spacial score (nSPS) is 13.6. The van der Waals surface area contributed by atoms with Gasteiger partial charge in [-0.15, -0.1) is 0 Å². The lowest BCUT2D eigenvalue weighted by Gasteiger charge is -2.23. The summed E-state index contributed by atoms with van der Waals surface area (Å²) in [7, 11) is -4.22. The fraction of sp³-hybridized carbons (Fsp3) is 0.192. The monoisotopic (exact) mass is 479 g/mol. The van der Waals surface area contributed by atoms with Gasteiger partial charge in [0.05, 0.1) is 10.6 Å². The number of nitrogens with zero attached hydrogens (tertiary/aromatic N) is 1. The largest absolute Gasteiger partial charge is 0.461 e. The van der Waals surface area contributed by atoms with Crippen LogP contribution in [0.4, 0.5) is 5.69 Å². The molecule has 5 rings (SSSR count). The van der Waals surface area contributed by atoms with Crippen molar-refractivity contribution >= 4 is 44.2 Å². The first-order chi connectivity index (χ1) is 15.9. The van der Waals surface area contributed by atoms with Crippen LogP contribution in [0, 0.1) is 6.92 Å². The van der Waals surface area contributed by atoms with Gasteiger partial charge in [0.2, 0.25) is 0 Å². The van der Waals surface area contributed by atoms with Gasteiger partial charge in [-0.25, -0.2) is 8.42 Å². The van der Waals surface area contributed by atoms with Gasteiger partial charge in [0.25, 0.3) is 15.9 Å². The number of benzene rings is 3. The highest BCUT2D eigenvalue weighted by Crippen LogP contribution is 2.36. The smallest absolute Gasteiger partial charge is 0.272 e. The Kier molecular flexibility index (Phi) is 5.51. The number of furan rings is 1. The Morgan fingerprint density at radius 2 is 1.73 bits per heavy atom. The molecule has 0 saturated carbocycles. The zero-order valence-corrected chi connectivity index (χ0v) is 19.6. The molecule has 33 heavy (non-hydrogen) atoms. The minimum atomic E-state index is -4.22. The molecule has 3 aromatic carbocycles. The van der Waals surface area contributed by atoms with Crippen molar-refractivity contribution in [1.82, 2.24) is 0 Å². The maximum Gasteiger partial charge on any atom is 0.272 e. The molecular formula is C26H22ClNO4S. The molecule has 1 aliphatic rings. The topological polar surface area (TPSA) is 67.6 Å². The van der Waals surface area contributed by atoms with E-state index in [0.29, 0.717) is 16.2 Å². The van der Waals surface area contributed by atoms with Crippen molar-refractivity contribution in [2.75, 3.05) is 4.31 Å². The summed E-state index contributed by atoms with van der Waals surface area (Å²) in [5, 5.41) is 1.32. The van der Waals surface area contributed by atoms with Crippen LogP contribution in [-0.2, 0) is 22.9 Å². The number of amides is 1. The van der Waals surface area contributed by atoms with Gasteiger partial charge >= 0.3 is 0 Å². The minimum Gasteiger partial charge on any atom is -0.461 e. The van der Waals surface area contributed by atoms with Crippen LogP contribution in [0.5, 0.6) is 0 Å². The minimum absolute atomic E-state index is 0.00278. The summed E-state index contributed by atoms with van der Waals surface area (Å²) < 4.78 is 34.5. The van der Waals surface area contributed by atoms with Crippen LogP contribution in [0.2, 0.25) is 5.02 Å². The molecular weight excluding hydrogens is 458 g/mol. The first-order valence-electron chi connectivity index (χ1n) is 10.8. The lowest BCUT2D eigenvalue weighted by Crippen LogP contribution is -2.37. The van der Waals surface area contributed by atoms with Crippen LogP contribution in [0.3, 0.4) is 0 Å². The molecule has 1 heterocycles. The number of aryl methyl sites for hydroxylation is 3. The molecule has 1 aliphatic carbocycles. The lowest BCUT2D eigenvalue weighted by molar-refractivity contribution is 0.101. The number of anilines is 1. The number of rotatable bonds is 4. The summed E-state index contributed by atoms with van der Waals surface area (Å²) in [5.41, 5.74) is 2.98. The summed E-state index contributed by atoms with van der Waals surface area (Å²) in [6.07, 6.45) is 3.87. The number of hydrogen-bond donors (Lipinski definition) is 0. The molecule has 0 radical (unpaired) electrons. The molecule has 5 nitrogen and oxygen atoms in total. The van der Waals surface area contributed by atoms with Crippen LogP contribution in [0.15, 0.2) is 76.0 Å². The second-order valence-electron chi connectivity index (χ2n) is 8.24. The molecule has 4 aromatic rings. The average molecular weight is 480 g/mol. The first kappa shape index (κ1) is 21.7. The molecule has 0 aliphatic heterocycles. The molecule has 0 unspecified atom stereocenters. The second-order valence-corrected chi connectivity index (χ2v) is 10.4. The first-order valence-corrected chi connectivity index (χ1v) is 12.6. The number of carbonyl (C=O) groups excluding carboxylic acids is 1. The molecule has 168 valence electrons. The van der Waals surface area contributed by atoms with E-state index in [-0.39, 0.29) is 16.1 Å². The Hall–Kier alpha value is -3.09. The van der Waals surface area contributed by atoms with Crippen molar-refractivity contribution in [2.24, 2.45) is 0 Å².